The first-order chi connectivity index (χ1) is 13.7. The Morgan fingerprint density at radius 1 is 1.00 bits per heavy atom. The number of aromatic nitrogens is 2. The lowest BCUT2D eigenvalue weighted by Crippen LogP contribution is -2.44. The minimum Gasteiger partial charge on any atom is -0.383 e. The zero-order valence-corrected chi connectivity index (χ0v) is 17.1. The summed E-state index contributed by atoms with van der Waals surface area (Å²) in [6.45, 7) is 5.20. The molecule has 0 bridgehead atoms. The first kappa shape index (κ1) is 19.6. The van der Waals surface area contributed by atoms with Gasteiger partial charge in [0.2, 0.25) is 0 Å². The molecule has 3 heterocycles. The SMILES string of the molecule is Nc1nc(C2CCCC2)ncc1C(=O)N1CCC[C@H](CN2CCCCCC2)C1. The second-order valence-electron chi connectivity index (χ2n) is 8.98. The molecule has 0 radical (unpaired) electrons. The highest BCUT2D eigenvalue weighted by atomic mass is 16.2. The van der Waals surface area contributed by atoms with Crippen LogP contribution in [0.4, 0.5) is 5.82 Å². The van der Waals surface area contributed by atoms with Crippen LogP contribution in [0.5, 0.6) is 0 Å². The first-order valence-corrected chi connectivity index (χ1v) is 11.3. The van der Waals surface area contributed by atoms with Crippen LogP contribution in [0.3, 0.4) is 0 Å². The van der Waals surface area contributed by atoms with Crippen LogP contribution >= 0.6 is 0 Å². The molecule has 1 aliphatic carbocycles. The monoisotopic (exact) mass is 385 g/mol. The molecular formula is C22H35N5O. The lowest BCUT2D eigenvalue weighted by molar-refractivity contribution is 0.0641. The number of rotatable bonds is 4. The van der Waals surface area contributed by atoms with Crippen molar-refractivity contribution in [1.29, 1.82) is 0 Å². The number of hydrogen-bond donors (Lipinski definition) is 1. The zero-order valence-electron chi connectivity index (χ0n) is 17.1. The number of piperidine rings is 1. The van der Waals surface area contributed by atoms with E-state index in [1.54, 1.807) is 6.20 Å². The van der Waals surface area contributed by atoms with Gasteiger partial charge in [-0.15, -0.1) is 0 Å². The van der Waals surface area contributed by atoms with Crippen molar-refractivity contribution < 1.29 is 4.79 Å². The van der Waals surface area contributed by atoms with E-state index in [1.807, 2.05) is 4.90 Å². The molecule has 0 unspecified atom stereocenters. The number of carbonyl (C=O) groups is 1. The van der Waals surface area contributed by atoms with Crippen molar-refractivity contribution in [2.75, 3.05) is 38.5 Å². The summed E-state index contributed by atoms with van der Waals surface area (Å²) in [5, 5.41) is 0. The predicted molar refractivity (Wildman–Crippen MR) is 111 cm³/mol. The molecule has 1 saturated carbocycles. The summed E-state index contributed by atoms with van der Waals surface area (Å²) in [5.41, 5.74) is 6.67. The Morgan fingerprint density at radius 3 is 2.46 bits per heavy atom. The maximum Gasteiger partial charge on any atom is 0.259 e. The lowest BCUT2D eigenvalue weighted by Gasteiger charge is -2.35. The highest BCUT2D eigenvalue weighted by Gasteiger charge is 2.28. The van der Waals surface area contributed by atoms with E-state index in [1.165, 1.54) is 58.0 Å². The number of hydrogen-bond acceptors (Lipinski definition) is 5. The van der Waals surface area contributed by atoms with Gasteiger partial charge in [0.25, 0.3) is 5.91 Å². The van der Waals surface area contributed by atoms with Crippen molar-refractivity contribution in [2.45, 2.75) is 70.1 Å². The van der Waals surface area contributed by atoms with Gasteiger partial charge in [0.05, 0.1) is 0 Å². The average molecular weight is 386 g/mol. The Labute approximate surface area is 168 Å². The van der Waals surface area contributed by atoms with Crippen LogP contribution in [-0.2, 0) is 0 Å². The van der Waals surface area contributed by atoms with E-state index in [2.05, 4.69) is 14.9 Å². The average Bonchev–Trinajstić information content (AvgIpc) is 3.13. The second kappa shape index (κ2) is 9.21. The Balaban J connectivity index is 1.38. The van der Waals surface area contributed by atoms with E-state index >= 15 is 0 Å². The van der Waals surface area contributed by atoms with Gasteiger partial charge in [-0.3, -0.25) is 4.79 Å². The summed E-state index contributed by atoms with van der Waals surface area (Å²) in [4.78, 5) is 26.7. The second-order valence-corrected chi connectivity index (χ2v) is 8.98. The number of nitrogen functional groups attached to an aromatic ring is 1. The molecule has 2 N–H and O–H groups in total. The number of amides is 1. The van der Waals surface area contributed by atoms with Crippen LogP contribution < -0.4 is 5.73 Å². The normalized spacial score (nSPS) is 25.0. The molecule has 4 rings (SSSR count). The van der Waals surface area contributed by atoms with Gasteiger partial charge >= 0.3 is 0 Å². The summed E-state index contributed by atoms with van der Waals surface area (Å²) in [7, 11) is 0. The van der Waals surface area contributed by atoms with Crippen molar-refractivity contribution in [2.24, 2.45) is 5.92 Å². The van der Waals surface area contributed by atoms with E-state index in [4.69, 9.17) is 5.73 Å². The van der Waals surface area contributed by atoms with E-state index in [9.17, 15) is 4.79 Å². The number of carbonyl (C=O) groups excluding carboxylic acids is 1. The van der Waals surface area contributed by atoms with Crippen molar-refractivity contribution >= 4 is 11.7 Å². The minimum absolute atomic E-state index is 0.0102. The van der Waals surface area contributed by atoms with Crippen molar-refractivity contribution in [1.82, 2.24) is 19.8 Å². The van der Waals surface area contributed by atoms with Crippen LogP contribution in [-0.4, -0.2) is 58.4 Å². The molecule has 1 amide bonds. The number of likely N-dealkylation sites (tertiary alicyclic amines) is 2. The van der Waals surface area contributed by atoms with Gasteiger partial charge in [-0.1, -0.05) is 25.7 Å². The zero-order chi connectivity index (χ0) is 19.3. The van der Waals surface area contributed by atoms with Gasteiger partial charge in [0.15, 0.2) is 0 Å². The van der Waals surface area contributed by atoms with Gasteiger partial charge in [-0.05, 0) is 57.5 Å². The molecule has 0 spiro atoms. The maximum atomic E-state index is 13.1. The molecule has 6 nitrogen and oxygen atoms in total. The summed E-state index contributed by atoms with van der Waals surface area (Å²) in [6, 6.07) is 0. The fourth-order valence-corrected chi connectivity index (χ4v) is 5.21. The molecule has 1 atom stereocenters. The van der Waals surface area contributed by atoms with Crippen LogP contribution in [0.2, 0.25) is 0 Å². The van der Waals surface area contributed by atoms with Gasteiger partial charge in [0, 0.05) is 31.7 Å². The Morgan fingerprint density at radius 2 is 1.75 bits per heavy atom. The Hall–Kier alpha value is -1.69. The molecule has 2 aliphatic heterocycles. The maximum absolute atomic E-state index is 13.1. The van der Waals surface area contributed by atoms with Crippen LogP contribution in [0.25, 0.3) is 0 Å². The smallest absolute Gasteiger partial charge is 0.259 e. The van der Waals surface area contributed by atoms with Gasteiger partial charge in [0.1, 0.15) is 17.2 Å². The molecular weight excluding hydrogens is 350 g/mol. The van der Waals surface area contributed by atoms with Gasteiger partial charge in [-0.2, -0.15) is 0 Å². The molecule has 0 aromatic carbocycles. The molecule has 2 saturated heterocycles. The van der Waals surface area contributed by atoms with E-state index in [-0.39, 0.29) is 5.91 Å². The standard InChI is InChI=1S/C22H35N5O/c23-20-19(14-24-21(25-20)18-9-3-4-10-18)22(28)27-13-7-8-17(16-27)15-26-11-5-1-2-6-12-26/h14,17-18H,1-13,15-16H2,(H2,23,24,25)/t17-/m1/s1. The van der Waals surface area contributed by atoms with Crippen molar-refractivity contribution in [3.05, 3.63) is 17.6 Å². The third kappa shape index (κ3) is 4.65. The first-order valence-electron chi connectivity index (χ1n) is 11.3. The number of anilines is 1. The van der Waals surface area contributed by atoms with Crippen LogP contribution in [0.15, 0.2) is 6.20 Å². The molecule has 28 heavy (non-hydrogen) atoms. The summed E-state index contributed by atoms with van der Waals surface area (Å²) < 4.78 is 0. The topological polar surface area (TPSA) is 75.3 Å². The van der Waals surface area contributed by atoms with Gasteiger partial charge < -0.3 is 15.5 Å². The van der Waals surface area contributed by atoms with Crippen molar-refractivity contribution in [3.8, 4) is 0 Å². The number of nitrogens with zero attached hydrogens (tertiary/aromatic N) is 4. The Bertz CT molecular complexity index is 665. The van der Waals surface area contributed by atoms with Crippen LogP contribution in [0, 0.1) is 5.92 Å². The lowest BCUT2D eigenvalue weighted by atomic mass is 9.96. The van der Waals surface area contributed by atoms with Crippen LogP contribution in [0.1, 0.15) is 86.3 Å². The molecule has 154 valence electrons. The summed E-state index contributed by atoms with van der Waals surface area (Å²) >= 11 is 0. The fourth-order valence-electron chi connectivity index (χ4n) is 5.21. The van der Waals surface area contributed by atoms with E-state index < -0.39 is 0 Å². The largest absolute Gasteiger partial charge is 0.383 e. The highest BCUT2D eigenvalue weighted by molar-refractivity contribution is 5.98. The Kier molecular flexibility index (Phi) is 6.45. The van der Waals surface area contributed by atoms with E-state index in [0.29, 0.717) is 23.2 Å². The van der Waals surface area contributed by atoms with Crippen molar-refractivity contribution in [3.63, 3.8) is 0 Å². The molecule has 3 fully saturated rings. The highest BCUT2D eigenvalue weighted by Crippen LogP contribution is 2.32. The molecule has 1 aromatic heterocycles. The minimum atomic E-state index is 0.0102. The summed E-state index contributed by atoms with van der Waals surface area (Å²) in [6.07, 6.45) is 14.1. The van der Waals surface area contributed by atoms with E-state index in [0.717, 1.165) is 44.7 Å². The third-order valence-corrected chi connectivity index (χ3v) is 6.81. The fraction of sp³-hybridized carbons (Fsp3) is 0.773. The number of nitrogens with two attached hydrogens (primary N) is 1. The predicted octanol–water partition coefficient (Wildman–Crippen LogP) is 3.44. The van der Waals surface area contributed by atoms with Gasteiger partial charge in [-0.25, -0.2) is 9.97 Å². The molecule has 3 aliphatic rings. The molecule has 6 heteroatoms. The molecule has 1 aromatic rings. The quantitative estimate of drug-likeness (QED) is 0.859. The summed E-state index contributed by atoms with van der Waals surface area (Å²) in [5.74, 6) is 2.17. The third-order valence-electron chi connectivity index (χ3n) is 6.81.